The minimum Gasteiger partial charge on any atom is -0.360 e. The van der Waals surface area contributed by atoms with Crippen LogP contribution in [0.15, 0.2) is 24.4 Å². The van der Waals surface area contributed by atoms with Gasteiger partial charge in [0.2, 0.25) is 5.91 Å². The second-order valence-electron chi connectivity index (χ2n) is 4.86. The maximum absolute atomic E-state index is 12.3. The fraction of sp³-hybridized carbons (Fsp3) is 0.333. The van der Waals surface area contributed by atoms with Crippen LogP contribution in [0.25, 0.3) is 10.9 Å². The number of carbonyl (C=O) groups excluding carboxylic acids is 2. The molecule has 0 fully saturated rings. The molecule has 0 unspecified atom stereocenters. The molecule has 0 saturated carbocycles. The summed E-state index contributed by atoms with van der Waals surface area (Å²) in [5, 5.41) is 11.3. The number of ketones is 1. The number of carbonyl (C=O) groups is 2. The van der Waals surface area contributed by atoms with Gasteiger partial charge in [-0.3, -0.25) is 19.7 Å². The van der Waals surface area contributed by atoms with Gasteiger partial charge in [0.25, 0.3) is 5.69 Å². The summed E-state index contributed by atoms with van der Waals surface area (Å²) in [6.07, 6.45) is 1.25. The second kappa shape index (κ2) is 6.38. The highest BCUT2D eigenvalue weighted by Crippen LogP contribution is 2.24. The lowest BCUT2D eigenvalue weighted by Gasteiger charge is -2.17. The lowest BCUT2D eigenvalue weighted by molar-refractivity contribution is -0.384. The predicted octanol–water partition coefficient (Wildman–Crippen LogP) is 2.52. The molecule has 0 aliphatic rings. The maximum atomic E-state index is 12.3. The average Bonchev–Trinajstić information content (AvgIpc) is 2.91. The van der Waals surface area contributed by atoms with Crippen molar-refractivity contribution in [3.05, 3.63) is 40.1 Å². The molecular formula is C15H17N3O4. The van der Waals surface area contributed by atoms with E-state index in [1.165, 1.54) is 18.3 Å². The van der Waals surface area contributed by atoms with Crippen LogP contribution in [0.1, 0.15) is 30.6 Å². The Labute approximate surface area is 127 Å². The van der Waals surface area contributed by atoms with E-state index in [0.717, 1.165) is 0 Å². The molecule has 2 aromatic rings. The van der Waals surface area contributed by atoms with Crippen molar-refractivity contribution in [3.8, 4) is 0 Å². The van der Waals surface area contributed by atoms with Crippen LogP contribution in [-0.2, 0) is 4.79 Å². The normalized spacial score (nSPS) is 10.6. The molecule has 1 heterocycles. The molecule has 0 aliphatic carbocycles. The van der Waals surface area contributed by atoms with E-state index in [1.54, 1.807) is 11.0 Å². The number of amides is 1. The lowest BCUT2D eigenvalue weighted by Crippen LogP contribution is -2.31. The number of hydrogen-bond donors (Lipinski definition) is 1. The van der Waals surface area contributed by atoms with Gasteiger partial charge in [0.05, 0.1) is 11.3 Å². The van der Waals surface area contributed by atoms with Crippen molar-refractivity contribution >= 4 is 28.3 Å². The van der Waals surface area contributed by atoms with Crippen LogP contribution in [0.3, 0.4) is 0 Å². The van der Waals surface area contributed by atoms with Crippen molar-refractivity contribution in [3.63, 3.8) is 0 Å². The highest BCUT2D eigenvalue weighted by Gasteiger charge is 2.20. The first-order chi connectivity index (χ1) is 10.5. The van der Waals surface area contributed by atoms with E-state index >= 15 is 0 Å². The fourth-order valence-electron chi connectivity index (χ4n) is 2.37. The van der Waals surface area contributed by atoms with Crippen LogP contribution < -0.4 is 0 Å². The number of aromatic nitrogens is 1. The lowest BCUT2D eigenvalue weighted by atomic mass is 10.1. The molecule has 0 atom stereocenters. The minimum absolute atomic E-state index is 0.0868. The molecule has 0 radical (unpaired) electrons. The van der Waals surface area contributed by atoms with E-state index in [0.29, 0.717) is 29.6 Å². The largest absolute Gasteiger partial charge is 0.360 e. The molecule has 2 rings (SSSR count). The number of aromatic amines is 1. The standard InChI is InChI=1S/C15H17N3O4/c1-3-17(4-2)15(20)8-14(19)12-9-16-13-6-5-10(18(21)22)7-11(12)13/h5-7,9,16H,3-4,8H2,1-2H3. The molecule has 7 nitrogen and oxygen atoms in total. The molecule has 0 bridgehead atoms. The van der Waals surface area contributed by atoms with Gasteiger partial charge in [-0.1, -0.05) is 0 Å². The number of nitro groups is 1. The number of H-pyrrole nitrogens is 1. The number of nitro benzene ring substituents is 1. The van der Waals surface area contributed by atoms with Gasteiger partial charge in [0.1, 0.15) is 0 Å². The Balaban J connectivity index is 2.30. The zero-order valence-corrected chi connectivity index (χ0v) is 12.5. The zero-order chi connectivity index (χ0) is 16.3. The molecule has 0 aliphatic heterocycles. The number of rotatable bonds is 6. The van der Waals surface area contributed by atoms with Crippen molar-refractivity contribution in [1.82, 2.24) is 9.88 Å². The number of nitrogens with zero attached hydrogens (tertiary/aromatic N) is 2. The van der Waals surface area contributed by atoms with Crippen molar-refractivity contribution in [2.45, 2.75) is 20.3 Å². The minimum atomic E-state index is -0.512. The fourth-order valence-corrected chi connectivity index (χ4v) is 2.37. The molecule has 0 spiro atoms. The predicted molar refractivity (Wildman–Crippen MR) is 81.8 cm³/mol. The SMILES string of the molecule is CCN(CC)C(=O)CC(=O)c1c[nH]c2ccc([N+](=O)[O-])cc12. The van der Waals surface area contributed by atoms with Gasteiger partial charge in [0, 0.05) is 47.9 Å². The van der Waals surface area contributed by atoms with E-state index in [2.05, 4.69) is 4.98 Å². The molecule has 1 aromatic carbocycles. The quantitative estimate of drug-likeness (QED) is 0.384. The van der Waals surface area contributed by atoms with Gasteiger partial charge in [-0.2, -0.15) is 0 Å². The van der Waals surface area contributed by atoms with Gasteiger partial charge in [0.15, 0.2) is 5.78 Å². The van der Waals surface area contributed by atoms with E-state index in [1.807, 2.05) is 13.8 Å². The van der Waals surface area contributed by atoms with Gasteiger partial charge in [-0.15, -0.1) is 0 Å². The van der Waals surface area contributed by atoms with Gasteiger partial charge < -0.3 is 9.88 Å². The molecule has 1 amide bonds. The number of non-ortho nitro benzene ring substituents is 1. The Morgan fingerprint density at radius 2 is 1.95 bits per heavy atom. The van der Waals surface area contributed by atoms with Crippen LogP contribution >= 0.6 is 0 Å². The maximum Gasteiger partial charge on any atom is 0.270 e. The average molecular weight is 303 g/mol. The number of fused-ring (bicyclic) bond motifs is 1. The van der Waals surface area contributed by atoms with Crippen molar-refractivity contribution in [1.29, 1.82) is 0 Å². The first-order valence-electron chi connectivity index (χ1n) is 7.04. The van der Waals surface area contributed by atoms with Crippen molar-refractivity contribution < 1.29 is 14.5 Å². The zero-order valence-electron chi connectivity index (χ0n) is 12.5. The molecule has 116 valence electrons. The topological polar surface area (TPSA) is 96.3 Å². The number of Topliss-reactive ketones (excluding diaryl/α,β-unsaturated/α-hetero) is 1. The summed E-state index contributed by atoms with van der Waals surface area (Å²) in [7, 11) is 0. The summed E-state index contributed by atoms with van der Waals surface area (Å²) in [6, 6.07) is 4.27. The van der Waals surface area contributed by atoms with Gasteiger partial charge in [-0.05, 0) is 19.9 Å². The van der Waals surface area contributed by atoms with Crippen LogP contribution in [0, 0.1) is 10.1 Å². The first kappa shape index (κ1) is 15.7. The third-order valence-electron chi connectivity index (χ3n) is 3.60. The molecule has 0 saturated heterocycles. The summed E-state index contributed by atoms with van der Waals surface area (Å²) in [6.45, 7) is 4.78. The Morgan fingerprint density at radius 3 is 2.55 bits per heavy atom. The summed E-state index contributed by atoms with van der Waals surface area (Å²) in [5.41, 5.74) is 0.847. The Bertz CT molecular complexity index is 731. The molecule has 1 aromatic heterocycles. The van der Waals surface area contributed by atoms with E-state index in [9.17, 15) is 19.7 Å². The second-order valence-corrected chi connectivity index (χ2v) is 4.86. The Kier molecular flexibility index (Phi) is 4.55. The van der Waals surface area contributed by atoms with Crippen LogP contribution in [-0.4, -0.2) is 39.6 Å². The number of hydrogen-bond acceptors (Lipinski definition) is 4. The van der Waals surface area contributed by atoms with Gasteiger partial charge in [-0.25, -0.2) is 0 Å². The number of nitrogens with one attached hydrogen (secondary N) is 1. The Hall–Kier alpha value is -2.70. The van der Waals surface area contributed by atoms with E-state index < -0.39 is 4.92 Å². The molecule has 22 heavy (non-hydrogen) atoms. The molecule has 1 N–H and O–H groups in total. The smallest absolute Gasteiger partial charge is 0.270 e. The first-order valence-corrected chi connectivity index (χ1v) is 7.04. The third-order valence-corrected chi connectivity index (χ3v) is 3.60. The molecule has 7 heteroatoms. The van der Waals surface area contributed by atoms with E-state index in [4.69, 9.17) is 0 Å². The van der Waals surface area contributed by atoms with E-state index in [-0.39, 0.29) is 23.8 Å². The summed E-state index contributed by atoms with van der Waals surface area (Å²) >= 11 is 0. The molecular weight excluding hydrogens is 286 g/mol. The van der Waals surface area contributed by atoms with Crippen LogP contribution in [0.4, 0.5) is 5.69 Å². The van der Waals surface area contributed by atoms with Crippen LogP contribution in [0.5, 0.6) is 0 Å². The summed E-state index contributed by atoms with van der Waals surface area (Å²) in [4.78, 5) is 39.1. The van der Waals surface area contributed by atoms with Crippen molar-refractivity contribution in [2.75, 3.05) is 13.1 Å². The van der Waals surface area contributed by atoms with Gasteiger partial charge >= 0.3 is 0 Å². The van der Waals surface area contributed by atoms with Crippen LogP contribution in [0.2, 0.25) is 0 Å². The summed E-state index contributed by atoms with van der Waals surface area (Å²) in [5.74, 6) is -0.585. The van der Waals surface area contributed by atoms with Crippen molar-refractivity contribution in [2.24, 2.45) is 0 Å². The highest BCUT2D eigenvalue weighted by atomic mass is 16.6. The highest BCUT2D eigenvalue weighted by molar-refractivity contribution is 6.14. The third kappa shape index (κ3) is 2.98. The summed E-state index contributed by atoms with van der Waals surface area (Å²) < 4.78 is 0. The Morgan fingerprint density at radius 1 is 1.27 bits per heavy atom. The number of benzene rings is 1. The monoisotopic (exact) mass is 303 g/mol.